The summed E-state index contributed by atoms with van der Waals surface area (Å²) in [5.74, 6) is 0.329. The zero-order valence-electron chi connectivity index (χ0n) is 10.0. The van der Waals surface area contributed by atoms with Gasteiger partial charge in [0.1, 0.15) is 17.7 Å². The molecular weight excluding hydrogens is 223 g/mol. The topological polar surface area (TPSA) is 38.7 Å². The minimum atomic E-state index is -0.918. The van der Waals surface area contributed by atoms with E-state index < -0.39 is 11.9 Å². The number of rotatable bonds is 5. The lowest BCUT2D eigenvalue weighted by molar-refractivity contribution is -0.0274. The SMILES string of the molecule is COc1ccc(C(O)C(OC)C2CC2)c(F)c1. The number of aliphatic hydroxyl groups excluding tert-OH is 1. The lowest BCUT2D eigenvalue weighted by Crippen LogP contribution is -2.23. The molecule has 0 radical (unpaired) electrons. The van der Waals surface area contributed by atoms with Gasteiger partial charge in [-0.1, -0.05) is 0 Å². The fraction of sp³-hybridized carbons (Fsp3) is 0.538. The predicted octanol–water partition coefficient (Wildman–Crippen LogP) is 2.29. The molecular formula is C13H17FO3. The molecule has 0 saturated heterocycles. The number of ether oxygens (including phenoxy) is 2. The molecule has 1 saturated carbocycles. The smallest absolute Gasteiger partial charge is 0.132 e. The molecule has 4 heteroatoms. The van der Waals surface area contributed by atoms with Crippen LogP contribution >= 0.6 is 0 Å². The summed E-state index contributed by atoms with van der Waals surface area (Å²) in [7, 11) is 3.03. The first kappa shape index (κ1) is 12.3. The summed E-state index contributed by atoms with van der Waals surface area (Å²) in [6.07, 6.45) is 0.831. The van der Waals surface area contributed by atoms with E-state index in [-0.39, 0.29) is 11.7 Å². The van der Waals surface area contributed by atoms with Crippen molar-refractivity contribution in [1.29, 1.82) is 0 Å². The van der Waals surface area contributed by atoms with Crippen LogP contribution in [0.25, 0.3) is 0 Å². The van der Waals surface area contributed by atoms with E-state index in [4.69, 9.17) is 9.47 Å². The van der Waals surface area contributed by atoms with Crippen LogP contribution in [0.3, 0.4) is 0 Å². The maximum Gasteiger partial charge on any atom is 0.132 e. The van der Waals surface area contributed by atoms with E-state index in [1.807, 2.05) is 0 Å². The molecule has 94 valence electrons. The number of hydrogen-bond acceptors (Lipinski definition) is 3. The van der Waals surface area contributed by atoms with E-state index in [2.05, 4.69) is 0 Å². The Kier molecular flexibility index (Phi) is 3.64. The van der Waals surface area contributed by atoms with E-state index in [0.717, 1.165) is 12.8 Å². The normalized spacial score (nSPS) is 18.8. The molecule has 2 unspecified atom stereocenters. The molecule has 1 N–H and O–H groups in total. The molecule has 1 aliphatic rings. The molecule has 0 spiro atoms. The van der Waals surface area contributed by atoms with Crippen LogP contribution in [0.4, 0.5) is 4.39 Å². The van der Waals surface area contributed by atoms with Gasteiger partial charge in [0.2, 0.25) is 0 Å². The minimum absolute atomic E-state index is 0.268. The zero-order chi connectivity index (χ0) is 12.4. The van der Waals surface area contributed by atoms with E-state index in [9.17, 15) is 9.50 Å². The number of halogens is 1. The summed E-state index contributed by atoms with van der Waals surface area (Å²) in [6.45, 7) is 0. The first-order chi connectivity index (χ1) is 8.17. The van der Waals surface area contributed by atoms with Crippen molar-refractivity contribution in [2.45, 2.75) is 25.0 Å². The molecule has 0 amide bonds. The highest BCUT2D eigenvalue weighted by Gasteiger charge is 2.37. The van der Waals surface area contributed by atoms with Gasteiger partial charge in [-0.25, -0.2) is 4.39 Å². The van der Waals surface area contributed by atoms with Gasteiger partial charge in [0.05, 0.1) is 13.2 Å². The van der Waals surface area contributed by atoms with Crippen LogP contribution in [0.1, 0.15) is 24.5 Å². The summed E-state index contributed by atoms with van der Waals surface area (Å²) < 4.78 is 24.0. The molecule has 0 aliphatic heterocycles. The Morgan fingerprint density at radius 2 is 2.06 bits per heavy atom. The van der Waals surface area contributed by atoms with Gasteiger partial charge in [0.25, 0.3) is 0 Å². The molecule has 1 fully saturated rings. The second-order valence-electron chi connectivity index (χ2n) is 4.37. The van der Waals surface area contributed by atoms with Crippen LogP contribution in [0.5, 0.6) is 5.75 Å². The lowest BCUT2D eigenvalue weighted by Gasteiger charge is -2.22. The molecule has 0 heterocycles. The van der Waals surface area contributed by atoms with Crippen molar-refractivity contribution < 1.29 is 19.0 Å². The molecule has 2 rings (SSSR count). The highest BCUT2D eigenvalue weighted by Crippen LogP contribution is 2.40. The van der Waals surface area contributed by atoms with Crippen LogP contribution in [0, 0.1) is 11.7 Å². The summed E-state index contributed by atoms with van der Waals surface area (Å²) in [6, 6.07) is 4.46. The van der Waals surface area contributed by atoms with Gasteiger partial charge in [-0.2, -0.15) is 0 Å². The Morgan fingerprint density at radius 1 is 1.35 bits per heavy atom. The maximum absolute atomic E-state index is 13.8. The van der Waals surface area contributed by atoms with Crippen molar-refractivity contribution in [3.8, 4) is 5.75 Å². The van der Waals surface area contributed by atoms with Crippen LogP contribution in [-0.4, -0.2) is 25.4 Å². The number of methoxy groups -OCH3 is 2. The highest BCUT2D eigenvalue weighted by atomic mass is 19.1. The van der Waals surface area contributed by atoms with Crippen molar-refractivity contribution >= 4 is 0 Å². The van der Waals surface area contributed by atoms with Crippen LogP contribution in [-0.2, 0) is 4.74 Å². The number of benzene rings is 1. The van der Waals surface area contributed by atoms with E-state index >= 15 is 0 Å². The molecule has 1 aromatic carbocycles. The largest absolute Gasteiger partial charge is 0.497 e. The van der Waals surface area contributed by atoms with E-state index in [0.29, 0.717) is 11.7 Å². The van der Waals surface area contributed by atoms with Gasteiger partial charge in [0, 0.05) is 18.7 Å². The zero-order valence-corrected chi connectivity index (χ0v) is 10.0. The third-order valence-corrected chi connectivity index (χ3v) is 3.20. The van der Waals surface area contributed by atoms with Crippen molar-refractivity contribution in [3.05, 3.63) is 29.6 Å². The third kappa shape index (κ3) is 2.58. The Bertz CT molecular complexity index is 390. The van der Waals surface area contributed by atoms with E-state index in [1.165, 1.54) is 13.2 Å². The van der Waals surface area contributed by atoms with Crippen molar-refractivity contribution in [2.75, 3.05) is 14.2 Å². The third-order valence-electron chi connectivity index (χ3n) is 3.20. The quantitative estimate of drug-likeness (QED) is 0.858. The average Bonchev–Trinajstić information content (AvgIpc) is 3.14. The van der Waals surface area contributed by atoms with Crippen LogP contribution < -0.4 is 4.74 Å². The minimum Gasteiger partial charge on any atom is -0.497 e. The Hall–Kier alpha value is -1.13. The highest BCUT2D eigenvalue weighted by molar-refractivity contribution is 5.30. The Balaban J connectivity index is 2.20. The number of aliphatic hydroxyl groups is 1. The summed E-state index contributed by atoms with van der Waals surface area (Å²) in [5.41, 5.74) is 0.268. The van der Waals surface area contributed by atoms with Gasteiger partial charge in [0.15, 0.2) is 0 Å². The average molecular weight is 240 g/mol. The monoisotopic (exact) mass is 240 g/mol. The molecule has 0 bridgehead atoms. The first-order valence-electron chi connectivity index (χ1n) is 5.71. The van der Waals surface area contributed by atoms with Gasteiger partial charge < -0.3 is 14.6 Å². The Labute approximate surface area is 100 Å². The maximum atomic E-state index is 13.8. The second-order valence-corrected chi connectivity index (χ2v) is 4.37. The van der Waals surface area contributed by atoms with Gasteiger partial charge >= 0.3 is 0 Å². The molecule has 0 aromatic heterocycles. The molecule has 1 aliphatic carbocycles. The van der Waals surface area contributed by atoms with Gasteiger partial charge in [-0.3, -0.25) is 0 Å². The summed E-state index contributed by atoms with van der Waals surface area (Å²) in [5, 5.41) is 10.1. The molecule has 3 nitrogen and oxygen atoms in total. The predicted molar refractivity (Wildman–Crippen MR) is 61.4 cm³/mol. The molecule has 2 atom stereocenters. The van der Waals surface area contributed by atoms with Crippen LogP contribution in [0.15, 0.2) is 18.2 Å². The Morgan fingerprint density at radius 3 is 2.53 bits per heavy atom. The van der Waals surface area contributed by atoms with Crippen molar-refractivity contribution in [3.63, 3.8) is 0 Å². The van der Waals surface area contributed by atoms with Crippen molar-refractivity contribution in [1.82, 2.24) is 0 Å². The lowest BCUT2D eigenvalue weighted by atomic mass is 10.0. The molecule has 1 aromatic rings. The van der Waals surface area contributed by atoms with Crippen molar-refractivity contribution in [2.24, 2.45) is 5.92 Å². The second kappa shape index (κ2) is 5.02. The van der Waals surface area contributed by atoms with Crippen LogP contribution in [0.2, 0.25) is 0 Å². The molecule has 17 heavy (non-hydrogen) atoms. The summed E-state index contributed by atoms with van der Waals surface area (Å²) in [4.78, 5) is 0. The fourth-order valence-electron chi connectivity index (χ4n) is 2.06. The van der Waals surface area contributed by atoms with E-state index in [1.54, 1.807) is 19.2 Å². The standard InChI is InChI=1S/C13H17FO3/c1-16-9-5-6-10(11(14)7-9)12(15)13(17-2)8-3-4-8/h5-8,12-13,15H,3-4H2,1-2H3. The summed E-state index contributed by atoms with van der Waals surface area (Å²) >= 11 is 0. The van der Waals surface area contributed by atoms with Gasteiger partial charge in [-0.05, 0) is 30.9 Å². The van der Waals surface area contributed by atoms with Gasteiger partial charge in [-0.15, -0.1) is 0 Å². The fourth-order valence-corrected chi connectivity index (χ4v) is 2.06. The first-order valence-corrected chi connectivity index (χ1v) is 5.71. The number of hydrogen-bond donors (Lipinski definition) is 1.